The molecule has 0 unspecified atom stereocenters. The monoisotopic (exact) mass is 359 g/mol. The number of hydrogen-bond acceptors (Lipinski definition) is 2. The molecule has 0 saturated heterocycles. The van der Waals surface area contributed by atoms with Crippen LogP contribution in [0, 0.1) is 6.92 Å². The number of nitrogens with one attached hydrogen (secondary N) is 2. The van der Waals surface area contributed by atoms with Crippen LogP contribution < -0.4 is 10.7 Å². The lowest BCUT2D eigenvalue weighted by Crippen LogP contribution is -2.25. The predicted octanol–water partition coefficient (Wildman–Crippen LogP) is 5.37. The average Bonchev–Trinajstić information content (AvgIpc) is 2.67. The number of benzene rings is 3. The Morgan fingerprint density at radius 1 is 0.846 bits per heavy atom. The minimum atomic E-state index is 0.468. The van der Waals surface area contributed by atoms with Crippen molar-refractivity contribution in [3.8, 4) is 11.1 Å². The molecule has 0 aliphatic carbocycles. The Morgan fingerprint density at radius 2 is 1.54 bits per heavy atom. The van der Waals surface area contributed by atoms with E-state index in [1.807, 2.05) is 56.3 Å². The fourth-order valence-corrected chi connectivity index (χ4v) is 2.78. The van der Waals surface area contributed by atoms with Crippen LogP contribution >= 0.6 is 12.2 Å². The molecule has 0 radical (unpaired) electrons. The van der Waals surface area contributed by atoms with Crippen molar-refractivity contribution in [1.82, 2.24) is 5.43 Å². The quantitative estimate of drug-likeness (QED) is 0.373. The Bertz CT molecular complexity index is 916. The lowest BCUT2D eigenvalue weighted by Gasteiger charge is -2.09. The molecule has 2 N–H and O–H groups in total. The highest BCUT2D eigenvalue weighted by Crippen LogP contribution is 2.19. The number of hydrogen-bond donors (Lipinski definition) is 2. The van der Waals surface area contributed by atoms with E-state index in [9.17, 15) is 0 Å². The van der Waals surface area contributed by atoms with Crippen LogP contribution in [0.25, 0.3) is 11.1 Å². The molecule has 26 heavy (non-hydrogen) atoms. The van der Waals surface area contributed by atoms with Gasteiger partial charge in [0.15, 0.2) is 5.11 Å². The summed E-state index contributed by atoms with van der Waals surface area (Å²) < 4.78 is 0. The van der Waals surface area contributed by atoms with E-state index in [4.69, 9.17) is 12.2 Å². The molecule has 0 fully saturated rings. The molecule has 3 aromatic rings. The van der Waals surface area contributed by atoms with E-state index in [0.717, 1.165) is 17.0 Å². The molecule has 0 aliphatic heterocycles. The zero-order valence-corrected chi connectivity index (χ0v) is 15.7. The Morgan fingerprint density at radius 3 is 2.23 bits per heavy atom. The first-order chi connectivity index (χ1) is 12.6. The van der Waals surface area contributed by atoms with Gasteiger partial charge in [0.25, 0.3) is 0 Å². The van der Waals surface area contributed by atoms with Crippen molar-refractivity contribution in [2.24, 2.45) is 5.10 Å². The van der Waals surface area contributed by atoms with E-state index < -0.39 is 0 Å². The van der Waals surface area contributed by atoms with E-state index in [1.165, 1.54) is 16.7 Å². The fourth-order valence-electron chi connectivity index (χ4n) is 2.62. The van der Waals surface area contributed by atoms with Gasteiger partial charge in [0.1, 0.15) is 0 Å². The predicted molar refractivity (Wildman–Crippen MR) is 115 cm³/mol. The highest BCUT2D eigenvalue weighted by Gasteiger charge is 2.01. The molecule has 0 saturated carbocycles. The van der Waals surface area contributed by atoms with E-state index in [-0.39, 0.29) is 0 Å². The van der Waals surface area contributed by atoms with E-state index in [1.54, 1.807) is 0 Å². The van der Waals surface area contributed by atoms with Crippen molar-refractivity contribution in [2.75, 3.05) is 5.32 Å². The Labute approximate surface area is 159 Å². The van der Waals surface area contributed by atoms with Gasteiger partial charge < -0.3 is 5.32 Å². The van der Waals surface area contributed by atoms with Crippen molar-refractivity contribution in [3.63, 3.8) is 0 Å². The first kappa shape index (κ1) is 17.8. The van der Waals surface area contributed by atoms with Gasteiger partial charge in [0.2, 0.25) is 0 Å². The summed E-state index contributed by atoms with van der Waals surface area (Å²) in [6.07, 6.45) is 0. The van der Waals surface area contributed by atoms with Gasteiger partial charge >= 0.3 is 0 Å². The summed E-state index contributed by atoms with van der Waals surface area (Å²) in [5.74, 6) is 0. The number of nitrogens with zero attached hydrogens (tertiary/aromatic N) is 1. The summed E-state index contributed by atoms with van der Waals surface area (Å²) in [4.78, 5) is 0. The SMILES string of the molecule is C/C(=N/NC(=S)Nc1cccc(C)c1)c1ccc(-c2ccccc2)cc1. The van der Waals surface area contributed by atoms with E-state index in [0.29, 0.717) is 5.11 Å². The third kappa shape index (κ3) is 4.77. The molecular formula is C22H21N3S. The molecule has 130 valence electrons. The summed E-state index contributed by atoms with van der Waals surface area (Å²) in [5.41, 5.74) is 9.34. The normalized spacial score (nSPS) is 11.1. The maximum atomic E-state index is 5.30. The van der Waals surface area contributed by atoms with Gasteiger partial charge in [-0.3, -0.25) is 5.43 Å². The van der Waals surface area contributed by atoms with Crippen molar-refractivity contribution in [1.29, 1.82) is 0 Å². The van der Waals surface area contributed by atoms with Crippen LogP contribution in [-0.4, -0.2) is 10.8 Å². The van der Waals surface area contributed by atoms with Crippen molar-refractivity contribution >= 4 is 28.7 Å². The molecule has 0 heterocycles. The van der Waals surface area contributed by atoms with Crippen LogP contribution in [0.4, 0.5) is 5.69 Å². The maximum Gasteiger partial charge on any atom is 0.191 e. The molecule has 3 aromatic carbocycles. The van der Waals surface area contributed by atoms with Gasteiger partial charge in [-0.25, -0.2) is 0 Å². The second kappa shape index (κ2) is 8.41. The first-order valence-corrected chi connectivity index (χ1v) is 8.86. The average molecular weight is 359 g/mol. The summed E-state index contributed by atoms with van der Waals surface area (Å²) >= 11 is 5.30. The van der Waals surface area contributed by atoms with Crippen molar-refractivity contribution < 1.29 is 0 Å². The molecule has 3 nitrogen and oxygen atoms in total. The minimum Gasteiger partial charge on any atom is -0.331 e. The number of hydrazone groups is 1. The number of anilines is 1. The van der Waals surface area contributed by atoms with Crippen LogP contribution in [0.1, 0.15) is 18.1 Å². The van der Waals surface area contributed by atoms with Gasteiger partial charge in [-0.05, 0) is 60.5 Å². The maximum absolute atomic E-state index is 5.30. The third-order valence-electron chi connectivity index (χ3n) is 4.01. The van der Waals surface area contributed by atoms with Gasteiger partial charge in [0.05, 0.1) is 5.71 Å². The number of thiocarbonyl (C=S) groups is 1. The zero-order valence-electron chi connectivity index (χ0n) is 14.9. The van der Waals surface area contributed by atoms with E-state index in [2.05, 4.69) is 52.2 Å². The highest BCUT2D eigenvalue weighted by molar-refractivity contribution is 7.80. The van der Waals surface area contributed by atoms with Crippen LogP contribution in [0.2, 0.25) is 0 Å². The van der Waals surface area contributed by atoms with Crippen LogP contribution in [0.15, 0.2) is 84.0 Å². The topological polar surface area (TPSA) is 36.4 Å². The minimum absolute atomic E-state index is 0.468. The Balaban J connectivity index is 1.63. The third-order valence-corrected chi connectivity index (χ3v) is 4.20. The summed E-state index contributed by atoms with van der Waals surface area (Å²) in [6, 6.07) is 26.7. The van der Waals surface area contributed by atoms with Gasteiger partial charge in [-0.15, -0.1) is 0 Å². The number of aryl methyl sites for hydroxylation is 1. The first-order valence-electron chi connectivity index (χ1n) is 8.45. The fraction of sp³-hybridized carbons (Fsp3) is 0.0909. The molecule has 4 heteroatoms. The smallest absolute Gasteiger partial charge is 0.191 e. The zero-order chi connectivity index (χ0) is 18.4. The Kier molecular flexibility index (Phi) is 5.77. The van der Waals surface area contributed by atoms with Gasteiger partial charge in [-0.1, -0.05) is 66.7 Å². The summed E-state index contributed by atoms with van der Waals surface area (Å²) in [6.45, 7) is 4.00. The van der Waals surface area contributed by atoms with Gasteiger partial charge in [-0.2, -0.15) is 5.10 Å². The molecule has 0 aromatic heterocycles. The molecule has 0 spiro atoms. The molecule has 0 aliphatic rings. The van der Waals surface area contributed by atoms with Crippen LogP contribution in [0.5, 0.6) is 0 Å². The Hall–Kier alpha value is -2.98. The molecule has 0 atom stereocenters. The standard InChI is InChI=1S/C22H21N3S/c1-16-7-6-10-21(15-16)23-22(26)25-24-17(2)18-11-13-20(14-12-18)19-8-4-3-5-9-19/h3-15H,1-2H3,(H2,23,25,26)/b24-17-. The summed E-state index contributed by atoms with van der Waals surface area (Å²) in [7, 11) is 0. The highest BCUT2D eigenvalue weighted by atomic mass is 32.1. The molecular weight excluding hydrogens is 338 g/mol. The molecule has 0 amide bonds. The lowest BCUT2D eigenvalue weighted by atomic mass is 10.0. The number of rotatable bonds is 4. The summed E-state index contributed by atoms with van der Waals surface area (Å²) in [5, 5.41) is 7.98. The lowest BCUT2D eigenvalue weighted by molar-refractivity contribution is 1.04. The van der Waals surface area contributed by atoms with E-state index >= 15 is 0 Å². The van der Waals surface area contributed by atoms with Crippen LogP contribution in [0.3, 0.4) is 0 Å². The molecule has 0 bridgehead atoms. The second-order valence-corrected chi connectivity index (χ2v) is 6.48. The largest absolute Gasteiger partial charge is 0.331 e. The molecule has 3 rings (SSSR count). The second-order valence-electron chi connectivity index (χ2n) is 6.08. The van der Waals surface area contributed by atoms with Crippen molar-refractivity contribution in [3.05, 3.63) is 90.0 Å². The van der Waals surface area contributed by atoms with Gasteiger partial charge in [0, 0.05) is 5.69 Å². The van der Waals surface area contributed by atoms with Crippen molar-refractivity contribution in [2.45, 2.75) is 13.8 Å². The van der Waals surface area contributed by atoms with Crippen LogP contribution in [-0.2, 0) is 0 Å².